The van der Waals surface area contributed by atoms with Crippen LogP contribution in [0, 0.1) is 10.1 Å². The molecule has 10 heteroatoms. The average Bonchev–Trinajstić information content (AvgIpc) is 2.74. The first-order chi connectivity index (χ1) is 13.9. The molecule has 156 valence electrons. The molecule has 0 spiro atoms. The zero-order valence-corrected chi connectivity index (χ0v) is 17.4. The lowest BCUT2D eigenvalue weighted by atomic mass is 10.2. The number of hydrogen-bond acceptors (Lipinski definition) is 7. The number of rotatable bonds is 7. The molecule has 0 N–H and O–H groups in total. The van der Waals surface area contributed by atoms with Crippen molar-refractivity contribution in [1.29, 1.82) is 0 Å². The first kappa shape index (κ1) is 21.0. The van der Waals surface area contributed by atoms with Gasteiger partial charge in [0.05, 0.1) is 9.82 Å². The number of anilines is 2. The van der Waals surface area contributed by atoms with E-state index in [1.165, 1.54) is 16.4 Å². The topological polar surface area (TPSA) is 99.9 Å². The number of nitrogens with zero attached hydrogens (tertiary/aromatic N) is 5. The summed E-state index contributed by atoms with van der Waals surface area (Å²) in [4.78, 5) is 19.5. The van der Waals surface area contributed by atoms with Crippen LogP contribution in [-0.4, -0.2) is 61.9 Å². The van der Waals surface area contributed by atoms with Gasteiger partial charge in [-0.3, -0.25) is 10.1 Å². The standard InChI is InChI=1S/C19H25N5O4S/c1-3-23(4-2)29(27,28)16-8-9-17(18(15-16)24(25)26)21-11-13-22(14-12-21)19-7-5-6-10-20-19/h5-10,15H,3-4,11-14H2,1-2H3. The second-order valence-electron chi connectivity index (χ2n) is 6.66. The van der Waals surface area contributed by atoms with Crippen LogP contribution >= 0.6 is 0 Å². The molecular formula is C19H25N5O4S. The molecule has 1 aliphatic rings. The normalized spacial score (nSPS) is 15.0. The van der Waals surface area contributed by atoms with Crippen LogP contribution in [0.25, 0.3) is 0 Å². The van der Waals surface area contributed by atoms with Crippen molar-refractivity contribution in [3.63, 3.8) is 0 Å². The van der Waals surface area contributed by atoms with Gasteiger partial charge in [-0.2, -0.15) is 4.31 Å². The van der Waals surface area contributed by atoms with E-state index in [0.29, 0.717) is 45.0 Å². The van der Waals surface area contributed by atoms with Crippen LogP contribution in [0.1, 0.15) is 13.8 Å². The molecule has 1 aromatic heterocycles. The molecule has 0 atom stereocenters. The predicted molar refractivity (Wildman–Crippen MR) is 112 cm³/mol. The molecule has 0 radical (unpaired) electrons. The van der Waals surface area contributed by atoms with Gasteiger partial charge in [0.2, 0.25) is 10.0 Å². The monoisotopic (exact) mass is 419 g/mol. The molecule has 1 aliphatic heterocycles. The van der Waals surface area contributed by atoms with Gasteiger partial charge >= 0.3 is 0 Å². The van der Waals surface area contributed by atoms with Crippen molar-refractivity contribution in [2.45, 2.75) is 18.7 Å². The first-order valence-electron chi connectivity index (χ1n) is 9.58. The second-order valence-corrected chi connectivity index (χ2v) is 8.60. The van der Waals surface area contributed by atoms with Gasteiger partial charge in [-0.15, -0.1) is 0 Å². The molecule has 0 amide bonds. The van der Waals surface area contributed by atoms with Gasteiger partial charge in [-0.1, -0.05) is 19.9 Å². The summed E-state index contributed by atoms with van der Waals surface area (Å²) in [6.07, 6.45) is 1.74. The molecule has 9 nitrogen and oxygen atoms in total. The number of aromatic nitrogens is 1. The van der Waals surface area contributed by atoms with E-state index in [9.17, 15) is 18.5 Å². The molecule has 0 unspecified atom stereocenters. The fraction of sp³-hybridized carbons (Fsp3) is 0.421. The summed E-state index contributed by atoms with van der Waals surface area (Å²) in [5.74, 6) is 0.877. The second kappa shape index (κ2) is 8.75. The molecule has 1 aromatic carbocycles. The van der Waals surface area contributed by atoms with E-state index >= 15 is 0 Å². The maximum atomic E-state index is 12.7. The highest BCUT2D eigenvalue weighted by atomic mass is 32.2. The summed E-state index contributed by atoms with van der Waals surface area (Å²) >= 11 is 0. The minimum atomic E-state index is -3.76. The van der Waals surface area contributed by atoms with E-state index in [4.69, 9.17) is 0 Å². The van der Waals surface area contributed by atoms with E-state index < -0.39 is 14.9 Å². The Morgan fingerprint density at radius 3 is 2.28 bits per heavy atom. The van der Waals surface area contributed by atoms with Crippen molar-refractivity contribution in [1.82, 2.24) is 9.29 Å². The average molecular weight is 420 g/mol. The van der Waals surface area contributed by atoms with Crippen LogP contribution in [0.2, 0.25) is 0 Å². The number of sulfonamides is 1. The Bertz CT molecular complexity index is 956. The zero-order valence-electron chi connectivity index (χ0n) is 16.6. The van der Waals surface area contributed by atoms with Crippen LogP contribution in [0.4, 0.5) is 17.2 Å². The van der Waals surface area contributed by atoms with Gasteiger partial charge in [0, 0.05) is 51.5 Å². The quantitative estimate of drug-likeness (QED) is 0.502. The number of nitro groups is 1. The first-order valence-corrected chi connectivity index (χ1v) is 11.0. The summed E-state index contributed by atoms with van der Waals surface area (Å²) in [6.45, 7) is 6.62. The highest BCUT2D eigenvalue weighted by Gasteiger charge is 2.29. The van der Waals surface area contributed by atoms with E-state index in [1.807, 2.05) is 23.1 Å². The molecule has 1 saturated heterocycles. The largest absolute Gasteiger partial charge is 0.362 e. The number of pyridine rings is 1. The summed E-state index contributed by atoms with van der Waals surface area (Å²) in [5.41, 5.74) is 0.249. The minimum absolute atomic E-state index is 0.0521. The van der Waals surface area contributed by atoms with Crippen molar-refractivity contribution in [2.75, 3.05) is 49.1 Å². The van der Waals surface area contributed by atoms with Crippen LogP contribution < -0.4 is 9.80 Å². The molecule has 2 heterocycles. The molecule has 29 heavy (non-hydrogen) atoms. The maximum absolute atomic E-state index is 12.7. The Kier molecular flexibility index (Phi) is 6.33. The van der Waals surface area contributed by atoms with Gasteiger partial charge in [-0.25, -0.2) is 13.4 Å². The summed E-state index contributed by atoms with van der Waals surface area (Å²) in [5, 5.41) is 11.7. The molecule has 3 rings (SSSR count). The van der Waals surface area contributed by atoms with E-state index in [-0.39, 0.29) is 10.6 Å². The molecule has 0 saturated carbocycles. The molecule has 0 aliphatic carbocycles. The number of nitro benzene ring substituents is 1. The van der Waals surface area contributed by atoms with Crippen molar-refractivity contribution >= 4 is 27.2 Å². The Labute approximate surface area is 170 Å². The zero-order chi connectivity index (χ0) is 21.0. The SMILES string of the molecule is CCN(CC)S(=O)(=O)c1ccc(N2CCN(c3ccccn3)CC2)c([N+](=O)[O-])c1. The highest BCUT2D eigenvalue weighted by molar-refractivity contribution is 7.89. The third-order valence-electron chi connectivity index (χ3n) is 5.08. The third-order valence-corrected chi connectivity index (χ3v) is 7.13. The predicted octanol–water partition coefficient (Wildman–Crippen LogP) is 2.35. The summed E-state index contributed by atoms with van der Waals surface area (Å²) in [6, 6.07) is 9.90. The van der Waals surface area contributed by atoms with Crippen molar-refractivity contribution in [3.05, 3.63) is 52.7 Å². The lowest BCUT2D eigenvalue weighted by Gasteiger charge is -2.36. The van der Waals surface area contributed by atoms with Crippen LogP contribution in [0.5, 0.6) is 0 Å². The van der Waals surface area contributed by atoms with E-state index in [2.05, 4.69) is 9.88 Å². The Morgan fingerprint density at radius 2 is 1.72 bits per heavy atom. The fourth-order valence-corrected chi connectivity index (χ4v) is 4.99. The van der Waals surface area contributed by atoms with E-state index in [1.54, 1.807) is 26.1 Å². The highest BCUT2D eigenvalue weighted by Crippen LogP contribution is 2.32. The van der Waals surface area contributed by atoms with E-state index in [0.717, 1.165) is 5.82 Å². The lowest BCUT2D eigenvalue weighted by molar-refractivity contribution is -0.384. The summed E-state index contributed by atoms with van der Waals surface area (Å²) in [7, 11) is -3.76. The fourth-order valence-electron chi connectivity index (χ4n) is 3.51. The number of piperazine rings is 1. The van der Waals surface area contributed by atoms with Crippen molar-refractivity contribution < 1.29 is 13.3 Å². The Morgan fingerprint density at radius 1 is 1.07 bits per heavy atom. The minimum Gasteiger partial charge on any atom is -0.362 e. The van der Waals surface area contributed by atoms with Crippen LogP contribution in [0.3, 0.4) is 0 Å². The number of hydrogen-bond donors (Lipinski definition) is 0. The van der Waals surface area contributed by atoms with Crippen molar-refractivity contribution in [2.24, 2.45) is 0 Å². The van der Waals surface area contributed by atoms with Gasteiger partial charge in [0.1, 0.15) is 11.5 Å². The number of benzene rings is 1. The Balaban J connectivity index is 1.84. The molecule has 1 fully saturated rings. The van der Waals surface area contributed by atoms with Crippen LogP contribution in [-0.2, 0) is 10.0 Å². The third kappa shape index (κ3) is 4.33. The summed E-state index contributed by atoms with van der Waals surface area (Å²) < 4.78 is 26.8. The van der Waals surface area contributed by atoms with Crippen molar-refractivity contribution in [3.8, 4) is 0 Å². The maximum Gasteiger partial charge on any atom is 0.293 e. The molecular weight excluding hydrogens is 394 g/mol. The molecule has 2 aromatic rings. The Hall–Kier alpha value is -2.72. The van der Waals surface area contributed by atoms with Gasteiger partial charge in [0.15, 0.2) is 0 Å². The van der Waals surface area contributed by atoms with Gasteiger partial charge < -0.3 is 9.80 Å². The van der Waals surface area contributed by atoms with Crippen LogP contribution in [0.15, 0.2) is 47.5 Å². The smallest absolute Gasteiger partial charge is 0.293 e. The van der Waals surface area contributed by atoms with Gasteiger partial charge in [0.25, 0.3) is 5.69 Å². The van der Waals surface area contributed by atoms with Gasteiger partial charge in [-0.05, 0) is 24.3 Å². The molecule has 0 bridgehead atoms. The lowest BCUT2D eigenvalue weighted by Crippen LogP contribution is -2.47.